The summed E-state index contributed by atoms with van der Waals surface area (Å²) >= 11 is 0. The molecule has 0 amide bonds. The minimum atomic E-state index is -0.182. The van der Waals surface area contributed by atoms with Crippen LogP contribution in [0.15, 0.2) is 63.2 Å². The predicted octanol–water partition coefficient (Wildman–Crippen LogP) is 2.07. The topological polar surface area (TPSA) is 121 Å². The van der Waals surface area contributed by atoms with E-state index >= 15 is 0 Å². The molecule has 2 unspecified atom stereocenters. The Balaban J connectivity index is 1.03. The quantitative estimate of drug-likeness (QED) is 0.391. The first-order valence-corrected chi connectivity index (χ1v) is 11.1. The zero-order valence-electron chi connectivity index (χ0n) is 18.3. The third-order valence-electron chi connectivity index (χ3n) is 6.93. The Labute approximate surface area is 192 Å². The molecule has 2 atom stereocenters. The van der Waals surface area contributed by atoms with Gasteiger partial charge >= 0.3 is 0 Å². The number of rotatable bonds is 5. The molecule has 170 valence electrons. The molecule has 1 aliphatic carbocycles. The highest BCUT2D eigenvalue weighted by Crippen LogP contribution is 2.57. The molecule has 4 aromatic heterocycles. The Kier molecular flexibility index (Phi) is 4.02. The normalized spacial score (nSPS) is 21.3. The van der Waals surface area contributed by atoms with Crippen LogP contribution in [0.4, 0.5) is 5.69 Å². The molecule has 1 aliphatic heterocycles. The Morgan fingerprint density at radius 2 is 1.88 bits per heavy atom. The average Bonchev–Trinajstić information content (AvgIpc) is 3.47. The van der Waals surface area contributed by atoms with Crippen molar-refractivity contribution in [3.63, 3.8) is 0 Å². The SMILES string of the molecule is Cn1cnc2ncn(Cc3nc(C4C5CN(c6ccc(-c7cnco7)cc6)CC54)no3)c(=O)c21. The number of aryl methyl sites for hydroxylation is 1. The number of anilines is 1. The Bertz CT molecular complexity index is 1540. The molecule has 0 bridgehead atoms. The van der Waals surface area contributed by atoms with Gasteiger partial charge in [-0.25, -0.2) is 15.0 Å². The van der Waals surface area contributed by atoms with Crippen molar-refractivity contribution in [1.82, 2.24) is 34.2 Å². The van der Waals surface area contributed by atoms with Crippen LogP contribution in [-0.2, 0) is 13.6 Å². The Morgan fingerprint density at radius 3 is 2.65 bits per heavy atom. The van der Waals surface area contributed by atoms with Crippen LogP contribution in [0.25, 0.3) is 22.5 Å². The molecule has 5 aromatic rings. The molecule has 1 saturated carbocycles. The monoisotopic (exact) mass is 456 g/mol. The van der Waals surface area contributed by atoms with Gasteiger partial charge in [0, 0.05) is 37.3 Å². The van der Waals surface area contributed by atoms with Crippen LogP contribution in [0.1, 0.15) is 17.6 Å². The van der Waals surface area contributed by atoms with Crippen molar-refractivity contribution in [1.29, 1.82) is 0 Å². The van der Waals surface area contributed by atoms with E-state index in [0.717, 1.165) is 30.2 Å². The summed E-state index contributed by atoms with van der Waals surface area (Å²) in [5, 5.41) is 4.22. The molecule has 2 fully saturated rings. The van der Waals surface area contributed by atoms with E-state index in [2.05, 4.69) is 54.3 Å². The fourth-order valence-corrected chi connectivity index (χ4v) is 5.11. The van der Waals surface area contributed by atoms with Crippen LogP contribution < -0.4 is 10.5 Å². The molecular formula is C23H20N8O3. The maximum atomic E-state index is 12.7. The van der Waals surface area contributed by atoms with Gasteiger partial charge < -0.3 is 18.4 Å². The van der Waals surface area contributed by atoms with E-state index in [1.54, 1.807) is 24.1 Å². The molecule has 0 radical (unpaired) electrons. The first-order chi connectivity index (χ1) is 16.7. The first kappa shape index (κ1) is 19.2. The van der Waals surface area contributed by atoms with Gasteiger partial charge in [-0.3, -0.25) is 9.36 Å². The van der Waals surface area contributed by atoms with Crippen molar-refractivity contribution in [2.75, 3.05) is 18.0 Å². The lowest BCUT2D eigenvalue weighted by atomic mass is 10.1. The van der Waals surface area contributed by atoms with Gasteiger partial charge in [0.05, 0.1) is 12.5 Å². The largest absolute Gasteiger partial charge is 0.444 e. The van der Waals surface area contributed by atoms with Crippen LogP contribution in [0.5, 0.6) is 0 Å². The van der Waals surface area contributed by atoms with E-state index in [9.17, 15) is 4.79 Å². The molecule has 7 rings (SSSR count). The molecule has 11 heteroatoms. The number of hydrogen-bond acceptors (Lipinski definition) is 9. The highest BCUT2D eigenvalue weighted by Gasteiger charge is 2.58. The third-order valence-corrected chi connectivity index (χ3v) is 6.93. The molecule has 0 spiro atoms. The highest BCUT2D eigenvalue weighted by molar-refractivity contribution is 5.68. The van der Waals surface area contributed by atoms with Crippen LogP contribution in [0.3, 0.4) is 0 Å². The van der Waals surface area contributed by atoms with Gasteiger partial charge in [0.1, 0.15) is 12.9 Å². The van der Waals surface area contributed by atoms with Crippen LogP contribution >= 0.6 is 0 Å². The van der Waals surface area contributed by atoms with Gasteiger partial charge in [0.25, 0.3) is 5.56 Å². The number of hydrogen-bond donors (Lipinski definition) is 0. The zero-order chi connectivity index (χ0) is 22.8. The molecule has 34 heavy (non-hydrogen) atoms. The average molecular weight is 456 g/mol. The second kappa shape index (κ2) is 7.11. The van der Waals surface area contributed by atoms with Gasteiger partial charge in [-0.2, -0.15) is 4.98 Å². The van der Waals surface area contributed by atoms with Crippen LogP contribution in [-0.4, -0.2) is 47.3 Å². The molecule has 5 heterocycles. The van der Waals surface area contributed by atoms with Gasteiger partial charge in [0.15, 0.2) is 29.1 Å². The van der Waals surface area contributed by atoms with E-state index in [4.69, 9.17) is 8.94 Å². The number of piperidine rings is 1. The number of oxazole rings is 1. The summed E-state index contributed by atoms with van der Waals surface area (Å²) in [4.78, 5) is 32.1. The molecule has 11 nitrogen and oxygen atoms in total. The summed E-state index contributed by atoms with van der Waals surface area (Å²) in [7, 11) is 1.77. The lowest BCUT2D eigenvalue weighted by molar-refractivity contribution is 0.363. The Morgan fingerprint density at radius 1 is 1.09 bits per heavy atom. The van der Waals surface area contributed by atoms with Crippen molar-refractivity contribution in [3.8, 4) is 11.3 Å². The molecule has 2 aliphatic rings. The number of fused-ring (bicyclic) bond motifs is 2. The Hall–Kier alpha value is -4.28. The lowest BCUT2D eigenvalue weighted by Crippen LogP contribution is -2.23. The maximum absolute atomic E-state index is 12.7. The number of benzene rings is 1. The molecular weight excluding hydrogens is 436 g/mol. The minimum absolute atomic E-state index is 0.182. The van der Waals surface area contributed by atoms with E-state index in [1.807, 2.05) is 0 Å². The van der Waals surface area contributed by atoms with Gasteiger partial charge in [-0.1, -0.05) is 5.16 Å². The van der Waals surface area contributed by atoms with Crippen LogP contribution in [0.2, 0.25) is 0 Å². The predicted molar refractivity (Wildman–Crippen MR) is 120 cm³/mol. The fraction of sp³-hybridized carbons (Fsp3) is 0.304. The summed E-state index contributed by atoms with van der Waals surface area (Å²) in [5.74, 6) is 3.22. The van der Waals surface area contributed by atoms with E-state index in [-0.39, 0.29) is 12.1 Å². The van der Waals surface area contributed by atoms with Gasteiger partial charge in [0.2, 0.25) is 5.89 Å². The standard InChI is InChI=1S/C23H20N8O3/c1-29-10-25-22-20(29)23(32)31(11-26-22)9-18-27-21(28-34-18)19-15-7-30(8-16(15)19)14-4-2-13(3-5-14)17-6-24-12-33-17/h2-6,10-12,15-16,19H,7-9H2,1H3. The zero-order valence-corrected chi connectivity index (χ0v) is 18.3. The number of aromatic nitrogens is 7. The van der Waals surface area contributed by atoms with E-state index < -0.39 is 0 Å². The summed E-state index contributed by atoms with van der Waals surface area (Å²) < 4.78 is 14.0. The summed E-state index contributed by atoms with van der Waals surface area (Å²) in [6, 6.07) is 8.36. The van der Waals surface area contributed by atoms with E-state index in [0.29, 0.717) is 34.8 Å². The second-order valence-electron chi connectivity index (χ2n) is 8.92. The fourth-order valence-electron chi connectivity index (χ4n) is 5.11. The van der Waals surface area contributed by atoms with Gasteiger partial charge in [-0.15, -0.1) is 0 Å². The third kappa shape index (κ3) is 2.96. The summed E-state index contributed by atoms with van der Waals surface area (Å²) in [6.07, 6.45) is 6.20. The smallest absolute Gasteiger partial charge is 0.280 e. The maximum Gasteiger partial charge on any atom is 0.280 e. The lowest BCUT2D eigenvalue weighted by Gasteiger charge is -2.21. The number of nitrogens with zero attached hydrogens (tertiary/aromatic N) is 8. The summed E-state index contributed by atoms with van der Waals surface area (Å²) in [6.45, 7) is 2.11. The molecule has 1 aromatic carbocycles. The number of imidazole rings is 1. The van der Waals surface area contributed by atoms with Crippen molar-refractivity contribution >= 4 is 16.9 Å². The molecule has 0 N–H and O–H groups in total. The van der Waals surface area contributed by atoms with Crippen LogP contribution in [0, 0.1) is 11.8 Å². The summed E-state index contributed by atoms with van der Waals surface area (Å²) in [5.41, 5.74) is 2.91. The van der Waals surface area contributed by atoms with Crippen molar-refractivity contribution in [2.45, 2.75) is 12.5 Å². The van der Waals surface area contributed by atoms with Gasteiger partial charge in [-0.05, 0) is 36.1 Å². The van der Waals surface area contributed by atoms with Crippen molar-refractivity contribution in [2.24, 2.45) is 18.9 Å². The second-order valence-corrected chi connectivity index (χ2v) is 8.92. The first-order valence-electron chi connectivity index (χ1n) is 11.1. The van der Waals surface area contributed by atoms with E-state index in [1.165, 1.54) is 23.0 Å². The molecule has 1 saturated heterocycles. The minimum Gasteiger partial charge on any atom is -0.444 e. The highest BCUT2D eigenvalue weighted by atomic mass is 16.5. The van der Waals surface area contributed by atoms with Crippen molar-refractivity contribution in [3.05, 3.63) is 71.6 Å². The van der Waals surface area contributed by atoms with Crippen molar-refractivity contribution < 1.29 is 8.94 Å².